The van der Waals surface area contributed by atoms with Crippen molar-refractivity contribution in [1.82, 2.24) is 0 Å². The summed E-state index contributed by atoms with van der Waals surface area (Å²) in [5.41, 5.74) is -2.57. The van der Waals surface area contributed by atoms with Gasteiger partial charge in [0.1, 0.15) is 42.4 Å². The lowest BCUT2D eigenvalue weighted by Crippen LogP contribution is -2.72. The van der Waals surface area contributed by atoms with Gasteiger partial charge in [-0.1, -0.05) is 19.1 Å². The zero-order valence-corrected chi connectivity index (χ0v) is 20.9. The molecular weight excluding hydrogens is 488 g/mol. The van der Waals surface area contributed by atoms with Crippen molar-refractivity contribution in [3.05, 3.63) is 12.2 Å². The number of carbonyl (C=O) groups is 2. The van der Waals surface area contributed by atoms with Crippen molar-refractivity contribution < 1.29 is 54.4 Å². The summed E-state index contributed by atoms with van der Waals surface area (Å²) in [5, 5.41) is 63.5. The van der Waals surface area contributed by atoms with Crippen molar-refractivity contribution in [2.75, 3.05) is 6.61 Å². The number of ketones is 1. The van der Waals surface area contributed by atoms with Crippen LogP contribution in [0.2, 0.25) is 0 Å². The van der Waals surface area contributed by atoms with Crippen molar-refractivity contribution in [3.8, 4) is 0 Å². The van der Waals surface area contributed by atoms with E-state index in [-0.39, 0.29) is 31.5 Å². The number of aliphatic hydroxyl groups is 6. The summed E-state index contributed by atoms with van der Waals surface area (Å²) in [6.07, 6.45) is -10.5. The number of aliphatic hydroxyl groups excluding tert-OH is 6. The first kappa shape index (κ1) is 25.8. The summed E-state index contributed by atoms with van der Waals surface area (Å²) in [7, 11) is 0. The maximum Gasteiger partial charge on any atom is 0.312 e. The summed E-state index contributed by atoms with van der Waals surface area (Å²) < 4.78 is 17.5. The van der Waals surface area contributed by atoms with E-state index in [1.54, 1.807) is 6.92 Å². The largest absolute Gasteiger partial charge is 0.459 e. The third-order valence-corrected chi connectivity index (χ3v) is 10.7. The fourth-order valence-corrected chi connectivity index (χ4v) is 9.43. The van der Waals surface area contributed by atoms with E-state index in [1.165, 1.54) is 0 Å². The zero-order valence-electron chi connectivity index (χ0n) is 20.9. The fourth-order valence-electron chi connectivity index (χ4n) is 9.43. The molecule has 0 aromatic carbocycles. The van der Waals surface area contributed by atoms with Crippen LogP contribution in [0.1, 0.15) is 39.5 Å². The van der Waals surface area contributed by atoms with Crippen molar-refractivity contribution in [2.24, 2.45) is 34.0 Å². The standard InChI is InChI=1S/C26H36O11/c1-9-5-26-18(12(28)4-11(9)20(26)32)24(2)6-10(7-25(3)19(24)17(21(26)33)37-23(25)34)35-22-16(31)15(30)14(29)13(8-27)36-22/h10-11,13-22,27,29-33H,1,4-8H2,2-3H3/t10-,11-,13+,14+,15-,16+,17+,18-,19-,20+,21-,22+,24-,25+,26+/m0/s1. The maximum absolute atomic E-state index is 13.7. The molecule has 4 aliphatic carbocycles. The number of carbonyl (C=O) groups excluding carboxylic acids is 2. The molecule has 37 heavy (non-hydrogen) atoms. The van der Waals surface area contributed by atoms with Crippen LogP contribution < -0.4 is 0 Å². The molecule has 2 saturated heterocycles. The Morgan fingerprint density at radius 1 is 1.03 bits per heavy atom. The molecular formula is C26H36O11. The van der Waals surface area contributed by atoms with Gasteiger partial charge >= 0.3 is 5.97 Å². The highest BCUT2D eigenvalue weighted by atomic mass is 16.7. The highest BCUT2D eigenvalue weighted by Crippen LogP contribution is 2.73. The van der Waals surface area contributed by atoms with Gasteiger partial charge in [0.25, 0.3) is 0 Å². The number of ether oxygens (including phenoxy) is 3. The van der Waals surface area contributed by atoms with Gasteiger partial charge in [-0.05, 0) is 31.6 Å². The van der Waals surface area contributed by atoms with Crippen LogP contribution in [0.15, 0.2) is 12.2 Å². The maximum atomic E-state index is 13.7. The Hall–Kier alpha value is -1.44. The van der Waals surface area contributed by atoms with Gasteiger partial charge in [0, 0.05) is 29.6 Å². The number of fused-ring (bicyclic) bond motifs is 2. The van der Waals surface area contributed by atoms with E-state index in [0.717, 1.165) is 0 Å². The molecule has 0 unspecified atom stereocenters. The van der Waals surface area contributed by atoms with Crippen LogP contribution in [0.3, 0.4) is 0 Å². The van der Waals surface area contributed by atoms with E-state index < -0.39 is 102 Å². The molecule has 0 aromatic heterocycles. The number of rotatable bonds is 3. The predicted octanol–water partition coefficient (Wildman–Crippen LogP) is -1.59. The van der Waals surface area contributed by atoms with Gasteiger partial charge in [-0.15, -0.1) is 0 Å². The molecule has 0 radical (unpaired) electrons. The molecule has 2 heterocycles. The molecule has 1 spiro atoms. The van der Waals surface area contributed by atoms with Crippen molar-refractivity contribution in [3.63, 3.8) is 0 Å². The Kier molecular flexibility index (Phi) is 5.61. The van der Waals surface area contributed by atoms with Crippen molar-refractivity contribution in [2.45, 2.75) is 94.7 Å². The number of hydrogen-bond acceptors (Lipinski definition) is 11. The first-order valence-electron chi connectivity index (χ1n) is 13.0. The van der Waals surface area contributed by atoms with Crippen molar-refractivity contribution in [1.29, 1.82) is 0 Å². The number of esters is 1. The molecule has 6 rings (SSSR count). The minimum absolute atomic E-state index is 0.0934. The van der Waals surface area contributed by atoms with E-state index in [0.29, 0.717) is 5.57 Å². The van der Waals surface area contributed by atoms with Gasteiger partial charge in [0.15, 0.2) is 6.29 Å². The van der Waals surface area contributed by atoms with Crippen LogP contribution in [0.5, 0.6) is 0 Å². The molecule has 11 nitrogen and oxygen atoms in total. The summed E-state index contributed by atoms with van der Waals surface area (Å²) >= 11 is 0. The second-order valence-corrected chi connectivity index (χ2v) is 12.7. The van der Waals surface area contributed by atoms with E-state index in [1.807, 2.05) is 6.92 Å². The lowest BCUT2D eigenvalue weighted by molar-refractivity contribution is -0.323. The normalized spacial score (nSPS) is 58.6. The summed E-state index contributed by atoms with van der Waals surface area (Å²) in [5.74, 6) is -2.37. The second-order valence-electron chi connectivity index (χ2n) is 12.7. The first-order valence-corrected chi connectivity index (χ1v) is 13.0. The zero-order chi connectivity index (χ0) is 26.8. The minimum atomic E-state index is -1.62. The molecule has 0 aromatic rings. The molecule has 6 fully saturated rings. The van der Waals surface area contributed by atoms with Crippen LogP contribution in [0.25, 0.3) is 0 Å². The fraction of sp³-hybridized carbons (Fsp3) is 0.846. The molecule has 11 heteroatoms. The molecule has 2 bridgehead atoms. The second kappa shape index (κ2) is 8.04. The molecule has 0 amide bonds. The summed E-state index contributed by atoms with van der Waals surface area (Å²) in [6.45, 7) is 7.09. The van der Waals surface area contributed by atoms with Gasteiger partial charge in [-0.3, -0.25) is 9.59 Å². The molecule has 2 aliphatic heterocycles. The van der Waals surface area contributed by atoms with E-state index in [9.17, 15) is 40.2 Å². The first-order chi connectivity index (χ1) is 17.3. The Morgan fingerprint density at radius 2 is 1.73 bits per heavy atom. The molecule has 6 aliphatic rings. The SMILES string of the molecule is C=C1C[C@]23[C@H](O)[C@H]1CC(=O)[C@H]2[C@]1(C)C[C@H](O[C@@H]2O[C@H](CO)[C@@H](O)[C@H](O)[C@H]2O)C[C@@]2(C)C(=O)O[C@@H]([C@@H]3O)[C@@H]12. The minimum Gasteiger partial charge on any atom is -0.459 e. The van der Waals surface area contributed by atoms with Crippen molar-refractivity contribution >= 4 is 11.8 Å². The summed E-state index contributed by atoms with van der Waals surface area (Å²) in [4.78, 5) is 27.1. The lowest BCUT2D eigenvalue weighted by Gasteiger charge is -2.64. The van der Waals surface area contributed by atoms with Gasteiger partial charge in [-0.25, -0.2) is 0 Å². The molecule has 6 N–H and O–H groups in total. The van der Waals surface area contributed by atoms with Gasteiger partial charge in [0.2, 0.25) is 0 Å². The van der Waals surface area contributed by atoms with E-state index in [4.69, 9.17) is 14.2 Å². The summed E-state index contributed by atoms with van der Waals surface area (Å²) in [6, 6.07) is 0. The Bertz CT molecular complexity index is 1030. The Morgan fingerprint density at radius 3 is 2.41 bits per heavy atom. The highest BCUT2D eigenvalue weighted by molar-refractivity contribution is 5.87. The third-order valence-electron chi connectivity index (χ3n) is 10.7. The molecule has 4 saturated carbocycles. The quantitative estimate of drug-likeness (QED) is 0.142. The lowest BCUT2D eigenvalue weighted by atomic mass is 9.39. The van der Waals surface area contributed by atoms with Crippen LogP contribution >= 0.6 is 0 Å². The third kappa shape index (κ3) is 3.05. The van der Waals surface area contributed by atoms with Crippen LogP contribution in [0.4, 0.5) is 0 Å². The number of Topliss-reactive ketones (excluding diaryl/α,β-unsaturated/α-hetero) is 1. The van der Waals surface area contributed by atoms with Gasteiger partial charge in [-0.2, -0.15) is 0 Å². The van der Waals surface area contributed by atoms with Gasteiger partial charge in [0.05, 0.1) is 24.2 Å². The average Bonchev–Trinajstić information content (AvgIpc) is 3.18. The van der Waals surface area contributed by atoms with Crippen LogP contribution in [-0.2, 0) is 23.8 Å². The monoisotopic (exact) mass is 524 g/mol. The smallest absolute Gasteiger partial charge is 0.312 e. The van der Waals surface area contributed by atoms with Gasteiger partial charge < -0.3 is 44.8 Å². The van der Waals surface area contributed by atoms with E-state index in [2.05, 4.69) is 6.58 Å². The highest BCUT2D eigenvalue weighted by Gasteiger charge is 2.80. The van der Waals surface area contributed by atoms with Crippen LogP contribution in [-0.4, -0.2) is 104 Å². The topological polar surface area (TPSA) is 183 Å². The molecule has 206 valence electrons. The number of hydrogen-bond donors (Lipinski definition) is 6. The predicted molar refractivity (Wildman–Crippen MR) is 122 cm³/mol. The Labute approximate surface area is 214 Å². The molecule has 15 atom stereocenters. The van der Waals surface area contributed by atoms with Crippen LogP contribution in [0, 0.1) is 34.0 Å². The van der Waals surface area contributed by atoms with E-state index >= 15 is 0 Å². The average molecular weight is 525 g/mol. The Balaban J connectivity index is 1.40.